The predicted octanol–water partition coefficient (Wildman–Crippen LogP) is 1.75. The van der Waals surface area contributed by atoms with Crippen LogP contribution in [0.15, 0.2) is 30.3 Å². The van der Waals surface area contributed by atoms with Gasteiger partial charge in [0.05, 0.1) is 13.7 Å². The number of nitrogens with one attached hydrogen (secondary N) is 1. The van der Waals surface area contributed by atoms with Crippen LogP contribution in [0.3, 0.4) is 0 Å². The first kappa shape index (κ1) is 9.58. The van der Waals surface area contributed by atoms with Gasteiger partial charge in [0.1, 0.15) is 0 Å². The molecule has 0 aliphatic carbocycles. The highest BCUT2D eigenvalue weighted by molar-refractivity contribution is 5.78. The molecule has 0 fully saturated rings. The lowest BCUT2D eigenvalue weighted by atomic mass is 10.3. The Bertz CT molecular complexity index is 272. The largest absolute Gasteiger partial charge is 0.483 e. The number of rotatable bonds is 3. The number of anilines is 1. The van der Waals surface area contributed by atoms with Crippen molar-refractivity contribution in [1.29, 1.82) is 5.41 Å². The van der Waals surface area contributed by atoms with Crippen LogP contribution in [0.1, 0.15) is 0 Å². The van der Waals surface area contributed by atoms with Gasteiger partial charge in [-0.1, -0.05) is 18.2 Å². The molecule has 0 aromatic heterocycles. The van der Waals surface area contributed by atoms with Crippen LogP contribution in [-0.4, -0.2) is 26.6 Å². The maximum absolute atomic E-state index is 7.35. The van der Waals surface area contributed by atoms with Crippen LogP contribution in [-0.2, 0) is 4.74 Å². The molecule has 0 atom stereocenters. The Labute approximate surface area is 78.4 Å². The molecular weight excluding hydrogens is 164 g/mol. The van der Waals surface area contributed by atoms with Gasteiger partial charge in [-0.15, -0.1) is 0 Å². The Morgan fingerprint density at radius 2 is 2.00 bits per heavy atom. The number of benzene rings is 1. The van der Waals surface area contributed by atoms with Crippen molar-refractivity contribution in [1.82, 2.24) is 0 Å². The van der Waals surface area contributed by atoms with Crippen LogP contribution >= 0.6 is 0 Å². The molecule has 0 saturated heterocycles. The summed E-state index contributed by atoms with van der Waals surface area (Å²) in [4.78, 5) is 1.96. The van der Waals surface area contributed by atoms with Gasteiger partial charge in [0.15, 0.2) is 5.90 Å². The lowest BCUT2D eigenvalue weighted by Crippen LogP contribution is -2.25. The molecule has 3 heteroatoms. The lowest BCUT2D eigenvalue weighted by molar-refractivity contribution is 0.391. The normalized spacial score (nSPS) is 9.38. The smallest absolute Gasteiger partial charge is 0.200 e. The maximum Gasteiger partial charge on any atom is 0.200 e. The number of hydrogen-bond donors (Lipinski definition) is 1. The molecule has 70 valence electrons. The van der Waals surface area contributed by atoms with Crippen LogP contribution in [0.25, 0.3) is 0 Å². The first-order valence-corrected chi connectivity index (χ1v) is 4.11. The van der Waals surface area contributed by atoms with Crippen LogP contribution in [0.4, 0.5) is 5.69 Å². The molecule has 1 rings (SSSR count). The number of methoxy groups -OCH3 is 1. The van der Waals surface area contributed by atoms with E-state index in [1.54, 1.807) is 0 Å². The van der Waals surface area contributed by atoms with Gasteiger partial charge in [-0.05, 0) is 12.1 Å². The van der Waals surface area contributed by atoms with Crippen LogP contribution in [0.2, 0.25) is 0 Å². The first-order valence-electron chi connectivity index (χ1n) is 4.11. The Hall–Kier alpha value is -1.51. The van der Waals surface area contributed by atoms with E-state index in [9.17, 15) is 0 Å². The Balaban J connectivity index is 2.59. The zero-order valence-electron chi connectivity index (χ0n) is 7.95. The molecule has 0 saturated carbocycles. The average Bonchev–Trinajstić information content (AvgIpc) is 2.19. The van der Waals surface area contributed by atoms with Crippen molar-refractivity contribution >= 4 is 11.6 Å². The quantitative estimate of drug-likeness (QED) is 0.565. The molecule has 3 nitrogen and oxygen atoms in total. The summed E-state index contributed by atoms with van der Waals surface area (Å²) in [6, 6.07) is 9.93. The summed E-state index contributed by atoms with van der Waals surface area (Å²) < 4.78 is 4.78. The second-order valence-corrected chi connectivity index (χ2v) is 2.82. The molecule has 0 spiro atoms. The van der Waals surface area contributed by atoms with E-state index in [1.165, 1.54) is 7.11 Å². The van der Waals surface area contributed by atoms with E-state index in [-0.39, 0.29) is 5.90 Å². The van der Waals surface area contributed by atoms with E-state index in [1.807, 2.05) is 42.3 Å². The lowest BCUT2D eigenvalue weighted by Gasteiger charge is -2.18. The zero-order chi connectivity index (χ0) is 9.68. The van der Waals surface area contributed by atoms with Gasteiger partial charge in [0.2, 0.25) is 0 Å². The monoisotopic (exact) mass is 178 g/mol. The molecule has 1 N–H and O–H groups in total. The third kappa shape index (κ3) is 2.78. The summed E-state index contributed by atoms with van der Waals surface area (Å²) in [5.41, 5.74) is 1.09. The molecule has 0 unspecified atom stereocenters. The number of ether oxygens (including phenoxy) is 1. The summed E-state index contributed by atoms with van der Waals surface area (Å²) in [5.74, 6) is 0.270. The van der Waals surface area contributed by atoms with Crippen molar-refractivity contribution in [2.45, 2.75) is 0 Å². The average molecular weight is 178 g/mol. The highest BCUT2D eigenvalue weighted by Gasteiger charge is 2.02. The molecular formula is C10H14N2O. The number of para-hydroxylation sites is 1. The zero-order valence-corrected chi connectivity index (χ0v) is 7.95. The third-order valence-corrected chi connectivity index (χ3v) is 1.82. The van der Waals surface area contributed by atoms with Gasteiger partial charge in [-0.25, -0.2) is 0 Å². The van der Waals surface area contributed by atoms with E-state index >= 15 is 0 Å². The van der Waals surface area contributed by atoms with E-state index in [0.29, 0.717) is 6.54 Å². The van der Waals surface area contributed by atoms with E-state index < -0.39 is 0 Å². The van der Waals surface area contributed by atoms with Gasteiger partial charge < -0.3 is 9.64 Å². The minimum atomic E-state index is 0.270. The van der Waals surface area contributed by atoms with Crippen molar-refractivity contribution in [3.8, 4) is 0 Å². The highest BCUT2D eigenvalue weighted by Crippen LogP contribution is 2.10. The molecule has 13 heavy (non-hydrogen) atoms. The van der Waals surface area contributed by atoms with Crippen molar-refractivity contribution in [2.75, 3.05) is 25.6 Å². The molecule has 0 heterocycles. The Kier molecular flexibility index (Phi) is 3.31. The van der Waals surface area contributed by atoms with E-state index in [0.717, 1.165) is 5.69 Å². The standard InChI is InChI=1S/C10H14N2O/c1-12(8-10(11)13-2)9-6-4-3-5-7-9/h3-7,11H,8H2,1-2H3. The fraction of sp³-hybridized carbons (Fsp3) is 0.300. The topological polar surface area (TPSA) is 36.3 Å². The second-order valence-electron chi connectivity index (χ2n) is 2.82. The minimum Gasteiger partial charge on any atom is -0.483 e. The first-order chi connectivity index (χ1) is 6.24. The van der Waals surface area contributed by atoms with E-state index in [2.05, 4.69) is 0 Å². The fourth-order valence-corrected chi connectivity index (χ4v) is 1.05. The summed E-state index contributed by atoms with van der Waals surface area (Å²) in [6.07, 6.45) is 0. The molecule has 0 amide bonds. The van der Waals surface area contributed by atoms with Gasteiger partial charge in [0, 0.05) is 12.7 Å². The molecule has 0 bridgehead atoms. The van der Waals surface area contributed by atoms with Gasteiger partial charge in [-0.3, -0.25) is 5.41 Å². The summed E-state index contributed by atoms with van der Waals surface area (Å²) in [7, 11) is 3.45. The number of nitrogens with zero attached hydrogens (tertiary/aromatic N) is 1. The van der Waals surface area contributed by atoms with Gasteiger partial charge in [-0.2, -0.15) is 0 Å². The SMILES string of the molecule is COC(=N)CN(C)c1ccccc1. The van der Waals surface area contributed by atoms with Crippen LogP contribution < -0.4 is 4.90 Å². The van der Waals surface area contributed by atoms with Crippen molar-refractivity contribution < 1.29 is 4.74 Å². The van der Waals surface area contributed by atoms with Crippen molar-refractivity contribution in [3.63, 3.8) is 0 Å². The molecule has 0 aliphatic rings. The number of likely N-dealkylation sites (N-methyl/N-ethyl adjacent to an activating group) is 1. The van der Waals surface area contributed by atoms with Gasteiger partial charge in [0.25, 0.3) is 0 Å². The van der Waals surface area contributed by atoms with Crippen molar-refractivity contribution in [2.24, 2.45) is 0 Å². The van der Waals surface area contributed by atoms with Crippen molar-refractivity contribution in [3.05, 3.63) is 30.3 Å². The maximum atomic E-state index is 7.35. The Morgan fingerprint density at radius 1 is 1.38 bits per heavy atom. The molecule has 1 aromatic carbocycles. The predicted molar refractivity (Wildman–Crippen MR) is 54.4 cm³/mol. The minimum absolute atomic E-state index is 0.270. The molecule has 0 aliphatic heterocycles. The molecule has 1 aromatic rings. The summed E-state index contributed by atoms with van der Waals surface area (Å²) >= 11 is 0. The number of hydrogen-bond acceptors (Lipinski definition) is 3. The summed E-state index contributed by atoms with van der Waals surface area (Å²) in [5, 5.41) is 7.35. The third-order valence-electron chi connectivity index (χ3n) is 1.82. The molecule has 0 radical (unpaired) electrons. The van der Waals surface area contributed by atoms with Crippen LogP contribution in [0, 0.1) is 5.41 Å². The summed E-state index contributed by atoms with van der Waals surface area (Å²) in [6.45, 7) is 0.501. The Morgan fingerprint density at radius 3 is 2.54 bits per heavy atom. The highest BCUT2D eigenvalue weighted by atomic mass is 16.5. The fourth-order valence-electron chi connectivity index (χ4n) is 1.05. The second kappa shape index (κ2) is 4.50. The van der Waals surface area contributed by atoms with Gasteiger partial charge >= 0.3 is 0 Å². The van der Waals surface area contributed by atoms with Crippen LogP contribution in [0.5, 0.6) is 0 Å². The van der Waals surface area contributed by atoms with E-state index in [4.69, 9.17) is 10.1 Å².